The third-order valence-corrected chi connectivity index (χ3v) is 3.94. The van der Waals surface area contributed by atoms with Crippen molar-refractivity contribution in [2.45, 2.75) is 19.9 Å². The number of phenolic OH excluding ortho intramolecular Hbond substituents is 1. The van der Waals surface area contributed by atoms with E-state index >= 15 is 0 Å². The van der Waals surface area contributed by atoms with Gasteiger partial charge in [0.2, 0.25) is 0 Å². The lowest BCUT2D eigenvalue weighted by atomic mass is 9.98. The van der Waals surface area contributed by atoms with Crippen molar-refractivity contribution < 1.29 is 9.90 Å². The van der Waals surface area contributed by atoms with Gasteiger partial charge < -0.3 is 15.7 Å². The van der Waals surface area contributed by atoms with Crippen LogP contribution in [0.3, 0.4) is 0 Å². The highest BCUT2D eigenvalue weighted by molar-refractivity contribution is 6.06. The van der Waals surface area contributed by atoms with E-state index in [0.717, 1.165) is 25.2 Å². The number of hydrogen-bond acceptors (Lipinski definition) is 3. The molecule has 1 aliphatic rings. The fourth-order valence-electron chi connectivity index (χ4n) is 2.71. The van der Waals surface area contributed by atoms with Gasteiger partial charge in [-0.1, -0.05) is 18.2 Å². The predicted molar refractivity (Wildman–Crippen MR) is 82.6 cm³/mol. The summed E-state index contributed by atoms with van der Waals surface area (Å²) in [5.41, 5.74) is 4.39. The van der Waals surface area contributed by atoms with Crippen LogP contribution in [0.15, 0.2) is 36.4 Å². The molecule has 0 aromatic heterocycles. The van der Waals surface area contributed by atoms with Crippen molar-refractivity contribution in [3.63, 3.8) is 0 Å². The molecule has 4 nitrogen and oxygen atoms in total. The first-order chi connectivity index (χ1) is 10.2. The summed E-state index contributed by atoms with van der Waals surface area (Å²) in [6.07, 6.45) is 0.908. The zero-order valence-corrected chi connectivity index (χ0v) is 11.9. The van der Waals surface area contributed by atoms with Crippen LogP contribution >= 0.6 is 0 Å². The molecule has 21 heavy (non-hydrogen) atoms. The SMILES string of the molecule is Cc1c(O)cccc1C(=O)Nc1cccc2c1CCNC2. The number of amides is 1. The lowest BCUT2D eigenvalue weighted by molar-refractivity contribution is 0.102. The molecule has 0 bridgehead atoms. The number of hydrogen-bond donors (Lipinski definition) is 3. The summed E-state index contributed by atoms with van der Waals surface area (Å²) in [4.78, 5) is 12.4. The largest absolute Gasteiger partial charge is 0.508 e. The highest BCUT2D eigenvalue weighted by Crippen LogP contribution is 2.25. The summed E-state index contributed by atoms with van der Waals surface area (Å²) in [5, 5.41) is 16.0. The number of fused-ring (bicyclic) bond motifs is 1. The molecule has 0 aliphatic carbocycles. The van der Waals surface area contributed by atoms with Crippen LogP contribution in [0.2, 0.25) is 0 Å². The molecule has 1 aliphatic heterocycles. The fourth-order valence-corrected chi connectivity index (χ4v) is 2.71. The Kier molecular flexibility index (Phi) is 3.62. The quantitative estimate of drug-likeness (QED) is 0.793. The average Bonchev–Trinajstić information content (AvgIpc) is 2.50. The normalized spacial score (nSPS) is 13.6. The Morgan fingerprint density at radius 3 is 2.90 bits per heavy atom. The van der Waals surface area contributed by atoms with E-state index < -0.39 is 0 Å². The Balaban J connectivity index is 1.90. The minimum atomic E-state index is -0.185. The van der Waals surface area contributed by atoms with Crippen molar-refractivity contribution in [1.29, 1.82) is 0 Å². The maximum atomic E-state index is 12.4. The van der Waals surface area contributed by atoms with Crippen molar-refractivity contribution in [3.05, 3.63) is 58.7 Å². The minimum Gasteiger partial charge on any atom is -0.508 e. The third kappa shape index (κ3) is 2.62. The first kappa shape index (κ1) is 13.6. The molecule has 4 heteroatoms. The van der Waals surface area contributed by atoms with Gasteiger partial charge in [-0.25, -0.2) is 0 Å². The Morgan fingerprint density at radius 2 is 2.05 bits per heavy atom. The maximum Gasteiger partial charge on any atom is 0.256 e. The van der Waals surface area contributed by atoms with Crippen molar-refractivity contribution in [2.24, 2.45) is 0 Å². The Bertz CT molecular complexity index is 695. The molecule has 1 heterocycles. The summed E-state index contributed by atoms with van der Waals surface area (Å²) < 4.78 is 0. The number of carbonyl (C=O) groups excluding carboxylic acids is 1. The summed E-state index contributed by atoms with van der Waals surface area (Å²) in [6, 6.07) is 11.0. The monoisotopic (exact) mass is 282 g/mol. The van der Waals surface area contributed by atoms with E-state index in [9.17, 15) is 9.90 Å². The van der Waals surface area contributed by atoms with E-state index in [0.29, 0.717) is 11.1 Å². The number of carbonyl (C=O) groups is 1. The second kappa shape index (κ2) is 5.58. The van der Waals surface area contributed by atoms with Gasteiger partial charge in [-0.15, -0.1) is 0 Å². The summed E-state index contributed by atoms with van der Waals surface area (Å²) in [5.74, 6) is -0.0442. The van der Waals surface area contributed by atoms with Crippen LogP contribution in [0.4, 0.5) is 5.69 Å². The first-order valence-corrected chi connectivity index (χ1v) is 7.08. The molecule has 2 aromatic carbocycles. The van der Waals surface area contributed by atoms with Crippen molar-refractivity contribution in [2.75, 3.05) is 11.9 Å². The molecule has 0 saturated carbocycles. The lowest BCUT2D eigenvalue weighted by Gasteiger charge is -2.20. The lowest BCUT2D eigenvalue weighted by Crippen LogP contribution is -2.25. The maximum absolute atomic E-state index is 12.4. The number of rotatable bonds is 2. The highest BCUT2D eigenvalue weighted by atomic mass is 16.3. The number of phenols is 1. The molecule has 0 spiro atoms. The number of anilines is 1. The molecule has 0 fully saturated rings. The van der Waals surface area contributed by atoms with E-state index in [1.54, 1.807) is 25.1 Å². The van der Waals surface area contributed by atoms with Gasteiger partial charge in [0.1, 0.15) is 5.75 Å². The average molecular weight is 282 g/mol. The number of nitrogens with one attached hydrogen (secondary N) is 2. The second-order valence-electron chi connectivity index (χ2n) is 5.27. The van der Waals surface area contributed by atoms with Crippen LogP contribution in [-0.2, 0) is 13.0 Å². The topological polar surface area (TPSA) is 61.4 Å². The summed E-state index contributed by atoms with van der Waals surface area (Å²) >= 11 is 0. The van der Waals surface area contributed by atoms with Crippen molar-refractivity contribution in [3.8, 4) is 5.75 Å². The zero-order chi connectivity index (χ0) is 14.8. The van der Waals surface area contributed by atoms with Gasteiger partial charge in [0.15, 0.2) is 0 Å². The van der Waals surface area contributed by atoms with E-state index in [1.165, 1.54) is 11.1 Å². The molecule has 3 N–H and O–H groups in total. The van der Waals surface area contributed by atoms with E-state index in [1.807, 2.05) is 12.1 Å². The molecule has 0 radical (unpaired) electrons. The summed E-state index contributed by atoms with van der Waals surface area (Å²) in [7, 11) is 0. The van der Waals surface area contributed by atoms with Gasteiger partial charge in [-0.05, 0) is 49.2 Å². The molecule has 108 valence electrons. The first-order valence-electron chi connectivity index (χ1n) is 7.08. The van der Waals surface area contributed by atoms with Gasteiger partial charge in [-0.2, -0.15) is 0 Å². The fraction of sp³-hybridized carbons (Fsp3) is 0.235. The van der Waals surface area contributed by atoms with E-state index in [2.05, 4.69) is 16.7 Å². The van der Waals surface area contributed by atoms with Crippen molar-refractivity contribution in [1.82, 2.24) is 5.32 Å². The van der Waals surface area contributed by atoms with Gasteiger partial charge in [0, 0.05) is 23.4 Å². The van der Waals surface area contributed by atoms with Gasteiger partial charge in [0.25, 0.3) is 5.91 Å². The predicted octanol–water partition coefficient (Wildman–Crippen LogP) is 2.60. The van der Waals surface area contributed by atoms with Crippen LogP contribution in [0, 0.1) is 6.92 Å². The van der Waals surface area contributed by atoms with Crippen LogP contribution < -0.4 is 10.6 Å². The molecule has 2 aromatic rings. The van der Waals surface area contributed by atoms with Crippen LogP contribution in [0.25, 0.3) is 0 Å². The second-order valence-corrected chi connectivity index (χ2v) is 5.27. The minimum absolute atomic E-state index is 0.141. The molecular weight excluding hydrogens is 264 g/mol. The van der Waals surface area contributed by atoms with Crippen LogP contribution in [0.5, 0.6) is 5.75 Å². The Hall–Kier alpha value is -2.33. The van der Waals surface area contributed by atoms with Crippen LogP contribution in [0.1, 0.15) is 27.0 Å². The van der Waals surface area contributed by atoms with E-state index in [-0.39, 0.29) is 11.7 Å². The molecule has 0 unspecified atom stereocenters. The van der Waals surface area contributed by atoms with Gasteiger partial charge in [-0.3, -0.25) is 4.79 Å². The standard InChI is InChI=1S/C17H18N2O2/c1-11-13(5-3-7-16(11)20)17(21)19-15-6-2-4-12-10-18-9-8-14(12)15/h2-7,18,20H,8-10H2,1H3,(H,19,21). The summed E-state index contributed by atoms with van der Waals surface area (Å²) in [6.45, 7) is 3.50. The highest BCUT2D eigenvalue weighted by Gasteiger charge is 2.16. The molecule has 3 rings (SSSR count). The Labute approximate surface area is 123 Å². The smallest absolute Gasteiger partial charge is 0.256 e. The third-order valence-electron chi connectivity index (χ3n) is 3.94. The molecule has 0 atom stereocenters. The number of aromatic hydroxyl groups is 1. The number of benzene rings is 2. The van der Waals surface area contributed by atoms with Gasteiger partial charge in [0.05, 0.1) is 0 Å². The molecular formula is C17H18N2O2. The van der Waals surface area contributed by atoms with Crippen LogP contribution in [-0.4, -0.2) is 17.6 Å². The van der Waals surface area contributed by atoms with Gasteiger partial charge >= 0.3 is 0 Å². The zero-order valence-electron chi connectivity index (χ0n) is 11.9. The molecule has 1 amide bonds. The Morgan fingerprint density at radius 1 is 1.24 bits per heavy atom. The van der Waals surface area contributed by atoms with E-state index in [4.69, 9.17) is 0 Å². The van der Waals surface area contributed by atoms with Crippen molar-refractivity contribution >= 4 is 11.6 Å². The molecule has 0 saturated heterocycles.